The van der Waals surface area contributed by atoms with Gasteiger partial charge in [0.05, 0.1) is 29.9 Å². The molecule has 3 aromatic rings. The fourth-order valence-corrected chi connectivity index (χ4v) is 3.47. The maximum atomic E-state index is 12.8. The van der Waals surface area contributed by atoms with Crippen molar-refractivity contribution in [1.82, 2.24) is 25.1 Å². The van der Waals surface area contributed by atoms with E-state index in [2.05, 4.69) is 20.4 Å². The molecule has 4 rings (SSSR count). The van der Waals surface area contributed by atoms with Gasteiger partial charge in [0.25, 0.3) is 11.5 Å². The molecule has 0 saturated heterocycles. The van der Waals surface area contributed by atoms with Crippen LogP contribution in [-0.4, -0.2) is 25.7 Å². The zero-order chi connectivity index (χ0) is 17.9. The molecule has 1 amide bonds. The normalized spacial score (nSPS) is 14.6. The van der Waals surface area contributed by atoms with Crippen molar-refractivity contribution in [2.24, 2.45) is 0 Å². The van der Waals surface area contributed by atoms with Crippen LogP contribution in [0.5, 0.6) is 0 Å². The molecule has 1 saturated carbocycles. The summed E-state index contributed by atoms with van der Waals surface area (Å²) in [6.45, 7) is 0.225. The summed E-state index contributed by atoms with van der Waals surface area (Å²) in [5.41, 5.74) is 0.877. The highest BCUT2D eigenvalue weighted by Gasteiger charge is 2.21. The number of hydrogen-bond donors (Lipinski definition) is 1. The van der Waals surface area contributed by atoms with Gasteiger partial charge in [-0.25, -0.2) is 9.67 Å². The van der Waals surface area contributed by atoms with Crippen LogP contribution in [0.4, 0.5) is 0 Å². The third-order valence-corrected chi connectivity index (χ3v) is 4.79. The van der Waals surface area contributed by atoms with Crippen molar-refractivity contribution in [1.29, 1.82) is 0 Å². The highest BCUT2D eigenvalue weighted by molar-refractivity contribution is 5.92. The van der Waals surface area contributed by atoms with Crippen LogP contribution in [0.15, 0.2) is 47.7 Å². The van der Waals surface area contributed by atoms with E-state index >= 15 is 0 Å². The van der Waals surface area contributed by atoms with Gasteiger partial charge in [0.1, 0.15) is 5.69 Å². The van der Waals surface area contributed by atoms with Crippen LogP contribution in [0.25, 0.3) is 10.8 Å². The van der Waals surface area contributed by atoms with E-state index in [1.54, 1.807) is 4.68 Å². The lowest BCUT2D eigenvalue weighted by Crippen LogP contribution is -2.30. The molecule has 2 aromatic heterocycles. The number of carbonyl (C=O) groups is 1. The lowest BCUT2D eigenvalue weighted by molar-refractivity contribution is 0.0945. The van der Waals surface area contributed by atoms with Gasteiger partial charge in [-0.05, 0) is 18.9 Å². The average Bonchev–Trinajstić information content (AvgIpc) is 3.22. The Morgan fingerprint density at radius 1 is 1.15 bits per heavy atom. The molecule has 132 valence electrons. The number of nitrogens with one attached hydrogen (secondary N) is 1. The summed E-state index contributed by atoms with van der Waals surface area (Å²) in [7, 11) is 0. The van der Waals surface area contributed by atoms with Crippen molar-refractivity contribution in [2.75, 3.05) is 0 Å². The van der Waals surface area contributed by atoms with Crippen LogP contribution >= 0.6 is 0 Å². The van der Waals surface area contributed by atoms with E-state index in [0.29, 0.717) is 11.1 Å². The van der Waals surface area contributed by atoms with Gasteiger partial charge in [0.15, 0.2) is 0 Å². The van der Waals surface area contributed by atoms with Gasteiger partial charge < -0.3 is 5.32 Å². The van der Waals surface area contributed by atoms with E-state index in [-0.39, 0.29) is 29.7 Å². The topological polar surface area (TPSA) is 89.8 Å². The minimum absolute atomic E-state index is 0.0588. The summed E-state index contributed by atoms with van der Waals surface area (Å²) in [5, 5.41) is 8.83. The molecule has 7 heteroatoms. The molecule has 0 atom stereocenters. The number of benzene rings is 1. The van der Waals surface area contributed by atoms with Gasteiger partial charge in [0.2, 0.25) is 0 Å². The minimum atomic E-state index is -0.317. The molecule has 1 aliphatic rings. The Bertz CT molecular complexity index is 994. The first-order valence-electron chi connectivity index (χ1n) is 8.78. The lowest BCUT2D eigenvalue weighted by atomic mass is 10.1. The Morgan fingerprint density at radius 3 is 2.65 bits per heavy atom. The molecule has 0 spiro atoms. The second-order valence-corrected chi connectivity index (χ2v) is 6.45. The molecule has 1 fully saturated rings. The van der Waals surface area contributed by atoms with Gasteiger partial charge in [-0.1, -0.05) is 31.0 Å². The first-order chi connectivity index (χ1) is 12.7. The minimum Gasteiger partial charge on any atom is -0.345 e. The van der Waals surface area contributed by atoms with Gasteiger partial charge in [-0.2, -0.15) is 5.10 Å². The maximum absolute atomic E-state index is 12.8. The molecule has 0 radical (unpaired) electrons. The Hall–Kier alpha value is -3.09. The molecule has 2 heterocycles. The van der Waals surface area contributed by atoms with Gasteiger partial charge in [-0.3, -0.25) is 14.6 Å². The summed E-state index contributed by atoms with van der Waals surface area (Å²) in [4.78, 5) is 33.0. The molecule has 1 aromatic carbocycles. The Morgan fingerprint density at radius 2 is 1.92 bits per heavy atom. The summed E-state index contributed by atoms with van der Waals surface area (Å²) in [5.74, 6) is -0.317. The van der Waals surface area contributed by atoms with E-state index in [9.17, 15) is 9.59 Å². The van der Waals surface area contributed by atoms with Crippen molar-refractivity contribution >= 4 is 16.7 Å². The number of nitrogens with zero attached hydrogens (tertiary/aromatic N) is 4. The Labute approximate surface area is 150 Å². The number of rotatable bonds is 4. The van der Waals surface area contributed by atoms with Crippen LogP contribution in [0.2, 0.25) is 0 Å². The largest absolute Gasteiger partial charge is 0.345 e. The lowest BCUT2D eigenvalue weighted by Gasteiger charge is -2.16. The molecule has 7 nitrogen and oxygen atoms in total. The van der Waals surface area contributed by atoms with Crippen LogP contribution in [0.1, 0.15) is 47.9 Å². The van der Waals surface area contributed by atoms with Crippen molar-refractivity contribution < 1.29 is 4.79 Å². The van der Waals surface area contributed by atoms with Gasteiger partial charge >= 0.3 is 0 Å². The summed E-state index contributed by atoms with van der Waals surface area (Å²) in [6, 6.07) is 7.55. The molecule has 0 bridgehead atoms. The van der Waals surface area contributed by atoms with Crippen molar-refractivity contribution in [3.05, 3.63) is 64.6 Å². The first-order valence-corrected chi connectivity index (χ1v) is 8.78. The molecule has 1 aliphatic carbocycles. The third-order valence-electron chi connectivity index (χ3n) is 4.79. The van der Waals surface area contributed by atoms with Gasteiger partial charge in [0, 0.05) is 17.8 Å². The Balaban J connectivity index is 1.68. The fourth-order valence-electron chi connectivity index (χ4n) is 3.47. The first kappa shape index (κ1) is 16.4. The number of aromatic nitrogens is 4. The smallest absolute Gasteiger partial charge is 0.274 e. The molecule has 0 unspecified atom stereocenters. The Kier molecular flexibility index (Phi) is 4.43. The van der Waals surface area contributed by atoms with E-state index in [4.69, 9.17) is 0 Å². The van der Waals surface area contributed by atoms with E-state index in [0.717, 1.165) is 31.1 Å². The maximum Gasteiger partial charge on any atom is 0.274 e. The van der Waals surface area contributed by atoms with Crippen molar-refractivity contribution in [3.63, 3.8) is 0 Å². The fraction of sp³-hybridized carbons (Fsp3) is 0.316. The second-order valence-electron chi connectivity index (χ2n) is 6.45. The van der Waals surface area contributed by atoms with Crippen LogP contribution in [-0.2, 0) is 6.54 Å². The number of hydrogen-bond acceptors (Lipinski definition) is 5. The standard InChI is InChI=1S/C19H19N5O2/c25-18(17-11-20-9-10-21-17)22-12-16-14-7-3-4-8-15(14)19(26)24(23-16)13-5-1-2-6-13/h3-4,7-11,13H,1-2,5-6,12H2,(H,22,25). The SMILES string of the molecule is O=C(NCc1nn(C2CCCC2)c(=O)c2ccccc12)c1cnccn1. The average molecular weight is 349 g/mol. The van der Waals surface area contributed by atoms with Crippen LogP contribution < -0.4 is 10.9 Å². The predicted octanol–water partition coefficient (Wildman–Crippen LogP) is 2.23. The number of carbonyl (C=O) groups excluding carboxylic acids is 1. The summed E-state index contributed by atoms with van der Waals surface area (Å²) < 4.78 is 1.61. The zero-order valence-corrected chi connectivity index (χ0v) is 14.3. The van der Waals surface area contributed by atoms with Crippen molar-refractivity contribution in [3.8, 4) is 0 Å². The summed E-state index contributed by atoms with van der Waals surface area (Å²) in [6.07, 6.45) is 8.58. The number of fused-ring (bicyclic) bond motifs is 1. The van der Waals surface area contributed by atoms with E-state index in [1.165, 1.54) is 18.6 Å². The zero-order valence-electron chi connectivity index (χ0n) is 14.3. The second kappa shape index (κ2) is 7.03. The van der Waals surface area contributed by atoms with E-state index < -0.39 is 0 Å². The molecular formula is C19H19N5O2. The van der Waals surface area contributed by atoms with Crippen LogP contribution in [0.3, 0.4) is 0 Å². The quantitative estimate of drug-likeness (QED) is 0.780. The molecular weight excluding hydrogens is 330 g/mol. The third kappa shape index (κ3) is 3.08. The highest BCUT2D eigenvalue weighted by Crippen LogP contribution is 2.28. The van der Waals surface area contributed by atoms with E-state index in [1.807, 2.05) is 24.3 Å². The van der Waals surface area contributed by atoms with Gasteiger partial charge in [-0.15, -0.1) is 0 Å². The van der Waals surface area contributed by atoms with Crippen molar-refractivity contribution in [2.45, 2.75) is 38.3 Å². The number of amides is 1. The summed E-state index contributed by atoms with van der Waals surface area (Å²) >= 11 is 0. The molecule has 26 heavy (non-hydrogen) atoms. The van der Waals surface area contributed by atoms with Crippen LogP contribution in [0, 0.1) is 0 Å². The molecule has 1 N–H and O–H groups in total. The monoisotopic (exact) mass is 349 g/mol. The predicted molar refractivity (Wildman–Crippen MR) is 96.7 cm³/mol. The molecule has 0 aliphatic heterocycles. The highest BCUT2D eigenvalue weighted by atomic mass is 16.2.